The van der Waals surface area contributed by atoms with Gasteiger partial charge in [0.1, 0.15) is 5.82 Å². The maximum absolute atomic E-state index is 13.6. The first-order valence-electron chi connectivity index (χ1n) is 8.70. The van der Waals surface area contributed by atoms with Crippen LogP contribution in [-0.2, 0) is 30.5 Å². The number of guanidine groups is 1. The van der Waals surface area contributed by atoms with Gasteiger partial charge in [-0.1, -0.05) is 18.2 Å². The van der Waals surface area contributed by atoms with Crippen molar-refractivity contribution in [1.29, 1.82) is 0 Å². The van der Waals surface area contributed by atoms with Crippen molar-refractivity contribution in [3.8, 4) is 0 Å². The lowest BCUT2D eigenvalue weighted by Crippen LogP contribution is -2.37. The molecule has 0 heterocycles. The molecule has 0 bridgehead atoms. The van der Waals surface area contributed by atoms with E-state index >= 15 is 0 Å². The number of rotatable bonds is 7. The fourth-order valence-corrected chi connectivity index (χ4v) is 2.60. The minimum absolute atomic E-state index is 0. The van der Waals surface area contributed by atoms with Gasteiger partial charge in [0.2, 0.25) is 0 Å². The Labute approximate surface area is 184 Å². The van der Waals surface area contributed by atoms with E-state index < -0.39 is 11.7 Å². The SMILES string of the molecule is CN=C(NCCc1ccc(C(F)(F)F)cc1)NCc1ccc(F)c(COC)c1.I. The van der Waals surface area contributed by atoms with Crippen LogP contribution in [0.25, 0.3) is 0 Å². The van der Waals surface area contributed by atoms with Gasteiger partial charge in [-0.15, -0.1) is 24.0 Å². The summed E-state index contributed by atoms with van der Waals surface area (Å²) in [6.45, 7) is 1.14. The van der Waals surface area contributed by atoms with Gasteiger partial charge >= 0.3 is 6.18 Å². The Morgan fingerprint density at radius 1 is 1.03 bits per heavy atom. The fourth-order valence-electron chi connectivity index (χ4n) is 2.60. The Balaban J connectivity index is 0.00000420. The summed E-state index contributed by atoms with van der Waals surface area (Å²) in [7, 11) is 3.13. The summed E-state index contributed by atoms with van der Waals surface area (Å²) in [5, 5.41) is 6.22. The molecule has 0 aliphatic rings. The maximum Gasteiger partial charge on any atom is 0.416 e. The monoisotopic (exact) mass is 525 g/mol. The zero-order valence-corrected chi connectivity index (χ0v) is 18.5. The molecule has 2 rings (SSSR count). The summed E-state index contributed by atoms with van der Waals surface area (Å²) >= 11 is 0. The van der Waals surface area contributed by atoms with Gasteiger partial charge < -0.3 is 15.4 Å². The Bertz CT molecular complexity index is 795. The van der Waals surface area contributed by atoms with E-state index in [-0.39, 0.29) is 36.4 Å². The van der Waals surface area contributed by atoms with Gasteiger partial charge in [-0.3, -0.25) is 4.99 Å². The van der Waals surface area contributed by atoms with Gasteiger partial charge in [-0.25, -0.2) is 4.39 Å². The number of nitrogens with one attached hydrogen (secondary N) is 2. The zero-order valence-electron chi connectivity index (χ0n) is 16.1. The highest BCUT2D eigenvalue weighted by molar-refractivity contribution is 14.0. The van der Waals surface area contributed by atoms with Crippen molar-refractivity contribution in [3.63, 3.8) is 0 Å². The lowest BCUT2D eigenvalue weighted by atomic mass is 10.1. The molecule has 0 amide bonds. The van der Waals surface area contributed by atoms with Crippen molar-refractivity contribution >= 4 is 29.9 Å². The third-order valence-corrected chi connectivity index (χ3v) is 4.08. The van der Waals surface area contributed by atoms with Crippen molar-refractivity contribution in [2.75, 3.05) is 20.7 Å². The van der Waals surface area contributed by atoms with Crippen molar-refractivity contribution in [3.05, 3.63) is 70.5 Å². The van der Waals surface area contributed by atoms with Crippen molar-refractivity contribution in [2.24, 2.45) is 4.99 Å². The number of halogens is 5. The van der Waals surface area contributed by atoms with Gasteiger partial charge in [0.25, 0.3) is 0 Å². The van der Waals surface area contributed by atoms with Gasteiger partial charge in [0.05, 0.1) is 12.2 Å². The quantitative estimate of drug-likeness (QED) is 0.242. The van der Waals surface area contributed by atoms with E-state index in [0.29, 0.717) is 31.0 Å². The van der Waals surface area contributed by atoms with Crippen LogP contribution in [-0.4, -0.2) is 26.7 Å². The molecule has 0 atom stereocenters. The molecular formula is C20H24F4IN3O. The minimum atomic E-state index is -4.33. The molecule has 160 valence electrons. The largest absolute Gasteiger partial charge is 0.416 e. The standard InChI is InChI=1S/C20H23F4N3O.HI/c1-25-19(27-12-15-5-8-18(21)16(11-15)13-28-2)26-10-9-14-3-6-17(7-4-14)20(22,23)24;/h3-8,11H,9-10,12-13H2,1-2H3,(H2,25,26,27);1H. The summed E-state index contributed by atoms with van der Waals surface area (Å²) in [6.07, 6.45) is -3.78. The van der Waals surface area contributed by atoms with E-state index in [1.165, 1.54) is 25.3 Å². The van der Waals surface area contributed by atoms with Crippen LogP contribution in [0.5, 0.6) is 0 Å². The van der Waals surface area contributed by atoms with E-state index in [1.807, 2.05) is 0 Å². The summed E-state index contributed by atoms with van der Waals surface area (Å²) in [6, 6.07) is 9.89. The van der Waals surface area contributed by atoms with Crippen LogP contribution in [0.1, 0.15) is 22.3 Å². The van der Waals surface area contributed by atoms with E-state index in [2.05, 4.69) is 15.6 Å². The molecular weight excluding hydrogens is 501 g/mol. The summed E-state index contributed by atoms with van der Waals surface area (Å²) in [4.78, 5) is 4.10. The molecule has 0 saturated carbocycles. The lowest BCUT2D eigenvalue weighted by molar-refractivity contribution is -0.137. The molecule has 0 aliphatic heterocycles. The Hall–Kier alpha value is -1.88. The van der Waals surface area contributed by atoms with E-state index in [9.17, 15) is 17.6 Å². The van der Waals surface area contributed by atoms with Crippen LogP contribution in [0.2, 0.25) is 0 Å². The molecule has 0 aliphatic carbocycles. The summed E-state index contributed by atoms with van der Waals surface area (Å²) in [5.74, 6) is 0.231. The predicted molar refractivity (Wildman–Crippen MR) is 116 cm³/mol. The second-order valence-corrected chi connectivity index (χ2v) is 6.16. The molecule has 0 aromatic heterocycles. The molecule has 29 heavy (non-hydrogen) atoms. The molecule has 0 unspecified atom stereocenters. The fraction of sp³-hybridized carbons (Fsp3) is 0.350. The molecule has 0 radical (unpaired) electrons. The minimum Gasteiger partial charge on any atom is -0.380 e. The van der Waals surface area contributed by atoms with Gasteiger partial charge in [0.15, 0.2) is 5.96 Å². The number of ether oxygens (including phenoxy) is 1. The molecule has 2 aromatic carbocycles. The van der Waals surface area contributed by atoms with Crippen LogP contribution in [0, 0.1) is 5.82 Å². The Morgan fingerprint density at radius 2 is 1.69 bits per heavy atom. The Kier molecular flexibility index (Phi) is 10.4. The Morgan fingerprint density at radius 3 is 2.28 bits per heavy atom. The molecule has 4 nitrogen and oxygen atoms in total. The van der Waals surface area contributed by atoms with Crippen molar-refractivity contribution in [1.82, 2.24) is 10.6 Å². The smallest absolute Gasteiger partial charge is 0.380 e. The first-order chi connectivity index (χ1) is 13.3. The highest BCUT2D eigenvalue weighted by Crippen LogP contribution is 2.29. The number of methoxy groups -OCH3 is 1. The number of hydrogen-bond donors (Lipinski definition) is 2. The molecule has 9 heteroatoms. The molecule has 0 fully saturated rings. The number of hydrogen-bond acceptors (Lipinski definition) is 2. The van der Waals surface area contributed by atoms with Gasteiger partial charge in [-0.2, -0.15) is 13.2 Å². The van der Waals surface area contributed by atoms with Crippen LogP contribution < -0.4 is 10.6 Å². The molecule has 0 saturated heterocycles. The molecule has 0 spiro atoms. The first kappa shape index (κ1) is 25.2. The van der Waals surface area contributed by atoms with E-state index in [1.54, 1.807) is 19.2 Å². The second kappa shape index (κ2) is 12.0. The third kappa shape index (κ3) is 8.17. The lowest BCUT2D eigenvalue weighted by Gasteiger charge is -2.13. The zero-order chi connectivity index (χ0) is 20.6. The van der Waals surface area contributed by atoms with E-state index in [0.717, 1.165) is 23.3 Å². The maximum atomic E-state index is 13.6. The number of benzene rings is 2. The number of alkyl halides is 3. The number of aliphatic imine (C=N–C) groups is 1. The predicted octanol–water partition coefficient (Wildman–Crippen LogP) is 4.52. The van der Waals surface area contributed by atoms with Crippen LogP contribution in [0.4, 0.5) is 17.6 Å². The number of nitrogens with zero attached hydrogens (tertiary/aromatic N) is 1. The topological polar surface area (TPSA) is 45.7 Å². The molecule has 2 aromatic rings. The van der Waals surface area contributed by atoms with Crippen LogP contribution in [0.3, 0.4) is 0 Å². The average Bonchev–Trinajstić information content (AvgIpc) is 2.66. The van der Waals surface area contributed by atoms with Crippen molar-refractivity contribution in [2.45, 2.75) is 25.7 Å². The second-order valence-electron chi connectivity index (χ2n) is 6.16. The van der Waals surface area contributed by atoms with Gasteiger partial charge in [-0.05, 0) is 41.8 Å². The third-order valence-electron chi connectivity index (χ3n) is 4.08. The summed E-state index contributed by atoms with van der Waals surface area (Å²) in [5.41, 5.74) is 1.48. The highest BCUT2D eigenvalue weighted by Gasteiger charge is 2.29. The summed E-state index contributed by atoms with van der Waals surface area (Å²) < 4.78 is 56.3. The van der Waals surface area contributed by atoms with Crippen LogP contribution >= 0.6 is 24.0 Å². The highest BCUT2D eigenvalue weighted by atomic mass is 127. The van der Waals surface area contributed by atoms with Gasteiger partial charge in [0, 0.05) is 32.8 Å². The average molecular weight is 525 g/mol. The normalized spacial score (nSPS) is 11.7. The van der Waals surface area contributed by atoms with Crippen LogP contribution in [0.15, 0.2) is 47.5 Å². The molecule has 2 N–H and O–H groups in total. The first-order valence-corrected chi connectivity index (χ1v) is 8.70. The van der Waals surface area contributed by atoms with E-state index in [4.69, 9.17) is 4.74 Å². The van der Waals surface area contributed by atoms with Crippen molar-refractivity contribution < 1.29 is 22.3 Å².